The maximum absolute atomic E-state index is 11.8. The van der Waals surface area contributed by atoms with Crippen LogP contribution in [0.5, 0.6) is 0 Å². The number of nitrogens with one attached hydrogen (secondary N) is 3. The zero-order chi connectivity index (χ0) is 11.8. The van der Waals surface area contributed by atoms with Crippen molar-refractivity contribution in [2.45, 2.75) is 6.04 Å². The van der Waals surface area contributed by atoms with E-state index in [-0.39, 0.29) is 11.9 Å². The summed E-state index contributed by atoms with van der Waals surface area (Å²) in [6.45, 7) is 0. The van der Waals surface area contributed by atoms with Crippen molar-refractivity contribution in [1.82, 2.24) is 10.2 Å². The number of nitrogens with zero attached hydrogens (tertiary/aromatic N) is 1. The standard InChI is InChI=1S/C11H9BrN4O/c12-6-1-2-8-9(3-6)16-11(17)10(8)15-7-4-13-14-5-7/h1-5,10,15H,(H,13,14)(H,16,17). The molecule has 0 spiro atoms. The van der Waals surface area contributed by atoms with Crippen LogP contribution in [0.4, 0.5) is 11.4 Å². The monoisotopic (exact) mass is 292 g/mol. The molecule has 0 radical (unpaired) electrons. The Hall–Kier alpha value is -1.82. The van der Waals surface area contributed by atoms with Crippen LogP contribution in [0.2, 0.25) is 0 Å². The fraction of sp³-hybridized carbons (Fsp3) is 0.0909. The van der Waals surface area contributed by atoms with Crippen LogP contribution in [-0.4, -0.2) is 16.1 Å². The molecule has 0 fully saturated rings. The third-order valence-electron chi connectivity index (χ3n) is 2.66. The number of benzene rings is 1. The molecule has 3 rings (SSSR count). The third-order valence-corrected chi connectivity index (χ3v) is 3.15. The Morgan fingerprint density at radius 2 is 2.29 bits per heavy atom. The van der Waals surface area contributed by atoms with Crippen molar-refractivity contribution in [3.8, 4) is 0 Å². The molecular weight excluding hydrogens is 284 g/mol. The summed E-state index contributed by atoms with van der Waals surface area (Å²) >= 11 is 3.38. The number of hydrogen-bond donors (Lipinski definition) is 3. The lowest BCUT2D eigenvalue weighted by molar-refractivity contribution is -0.116. The first-order valence-corrected chi connectivity index (χ1v) is 5.89. The van der Waals surface area contributed by atoms with Crippen molar-refractivity contribution in [3.05, 3.63) is 40.6 Å². The summed E-state index contributed by atoms with van der Waals surface area (Å²) in [4.78, 5) is 11.8. The Balaban J connectivity index is 1.94. The van der Waals surface area contributed by atoms with Gasteiger partial charge in [0.15, 0.2) is 0 Å². The van der Waals surface area contributed by atoms with E-state index in [1.54, 1.807) is 12.4 Å². The van der Waals surface area contributed by atoms with Gasteiger partial charge in [0.05, 0.1) is 11.9 Å². The maximum atomic E-state index is 11.8. The normalized spacial score (nSPS) is 17.7. The van der Waals surface area contributed by atoms with Crippen molar-refractivity contribution in [3.63, 3.8) is 0 Å². The lowest BCUT2D eigenvalue weighted by atomic mass is 10.1. The molecule has 2 aromatic rings. The van der Waals surface area contributed by atoms with Gasteiger partial charge in [0.25, 0.3) is 5.91 Å². The summed E-state index contributed by atoms with van der Waals surface area (Å²) < 4.78 is 0.945. The van der Waals surface area contributed by atoms with Crippen LogP contribution in [0.25, 0.3) is 0 Å². The second-order valence-corrected chi connectivity index (χ2v) is 4.70. The molecule has 86 valence electrons. The fourth-order valence-electron chi connectivity index (χ4n) is 1.87. The van der Waals surface area contributed by atoms with Crippen molar-refractivity contribution in [2.75, 3.05) is 10.6 Å². The number of aromatic amines is 1. The van der Waals surface area contributed by atoms with Gasteiger partial charge in [-0.25, -0.2) is 0 Å². The number of anilines is 2. The number of carbonyl (C=O) groups is 1. The summed E-state index contributed by atoms with van der Waals surface area (Å²) in [5, 5.41) is 12.5. The van der Waals surface area contributed by atoms with Crippen molar-refractivity contribution < 1.29 is 4.79 Å². The van der Waals surface area contributed by atoms with E-state index >= 15 is 0 Å². The van der Waals surface area contributed by atoms with Gasteiger partial charge >= 0.3 is 0 Å². The molecule has 0 saturated carbocycles. The molecule has 0 saturated heterocycles. The van der Waals surface area contributed by atoms with Gasteiger partial charge < -0.3 is 10.6 Å². The van der Waals surface area contributed by atoms with Gasteiger partial charge in [-0.3, -0.25) is 9.89 Å². The summed E-state index contributed by atoms with van der Waals surface area (Å²) in [7, 11) is 0. The summed E-state index contributed by atoms with van der Waals surface area (Å²) in [6, 6.07) is 5.37. The molecule has 1 unspecified atom stereocenters. The van der Waals surface area contributed by atoms with E-state index in [0.717, 1.165) is 21.4 Å². The highest BCUT2D eigenvalue weighted by Crippen LogP contribution is 2.34. The predicted octanol–water partition coefficient (Wildman–Crippen LogP) is 2.28. The SMILES string of the molecule is O=C1Nc2cc(Br)ccc2C1Nc1cn[nH]c1. The third kappa shape index (κ3) is 1.80. The number of hydrogen-bond acceptors (Lipinski definition) is 3. The topological polar surface area (TPSA) is 69.8 Å². The maximum Gasteiger partial charge on any atom is 0.251 e. The molecule has 5 nitrogen and oxygen atoms in total. The predicted molar refractivity (Wildman–Crippen MR) is 67.7 cm³/mol. The Kier molecular flexibility index (Phi) is 2.36. The smallest absolute Gasteiger partial charge is 0.251 e. The van der Waals surface area contributed by atoms with Crippen LogP contribution in [0.3, 0.4) is 0 Å². The number of H-pyrrole nitrogens is 1. The molecule has 1 amide bonds. The number of rotatable bonds is 2. The Bertz CT molecular complexity index is 567. The summed E-state index contributed by atoms with van der Waals surface area (Å²) in [5.41, 5.74) is 2.57. The first-order valence-electron chi connectivity index (χ1n) is 5.09. The van der Waals surface area contributed by atoms with Gasteiger partial charge in [-0.15, -0.1) is 0 Å². The van der Waals surface area contributed by atoms with E-state index in [9.17, 15) is 4.79 Å². The number of halogens is 1. The molecule has 2 heterocycles. The van der Waals surface area contributed by atoms with E-state index in [1.807, 2.05) is 18.2 Å². The molecule has 1 aliphatic rings. The van der Waals surface area contributed by atoms with Crippen LogP contribution < -0.4 is 10.6 Å². The van der Waals surface area contributed by atoms with Crippen LogP contribution in [0.1, 0.15) is 11.6 Å². The van der Waals surface area contributed by atoms with Crippen LogP contribution in [0, 0.1) is 0 Å². The van der Waals surface area contributed by atoms with E-state index in [4.69, 9.17) is 0 Å². The first-order chi connectivity index (χ1) is 8.24. The molecule has 0 bridgehead atoms. The van der Waals surface area contributed by atoms with E-state index < -0.39 is 0 Å². The van der Waals surface area contributed by atoms with E-state index in [1.165, 1.54) is 0 Å². The van der Waals surface area contributed by atoms with Crippen molar-refractivity contribution >= 4 is 33.2 Å². The molecule has 1 aromatic carbocycles. The lowest BCUT2D eigenvalue weighted by Gasteiger charge is -2.10. The van der Waals surface area contributed by atoms with Crippen LogP contribution >= 0.6 is 15.9 Å². The highest BCUT2D eigenvalue weighted by molar-refractivity contribution is 9.10. The van der Waals surface area contributed by atoms with Gasteiger partial charge in [-0.2, -0.15) is 5.10 Å². The van der Waals surface area contributed by atoms with Gasteiger partial charge in [-0.05, 0) is 12.1 Å². The first kappa shape index (κ1) is 10.3. The molecule has 6 heteroatoms. The highest BCUT2D eigenvalue weighted by atomic mass is 79.9. The Labute approximate surface area is 106 Å². The summed E-state index contributed by atoms with van der Waals surface area (Å²) in [5.74, 6) is -0.0562. The number of fused-ring (bicyclic) bond motifs is 1. The van der Waals surface area contributed by atoms with Gasteiger partial charge in [0.1, 0.15) is 6.04 Å². The van der Waals surface area contributed by atoms with Crippen molar-refractivity contribution in [2.24, 2.45) is 0 Å². The van der Waals surface area contributed by atoms with Gasteiger partial charge in [-0.1, -0.05) is 22.0 Å². The van der Waals surface area contributed by atoms with Crippen LogP contribution in [0.15, 0.2) is 35.1 Å². The molecular formula is C11H9BrN4O. The molecule has 1 aliphatic heterocycles. The second-order valence-electron chi connectivity index (χ2n) is 3.79. The molecule has 3 N–H and O–H groups in total. The highest BCUT2D eigenvalue weighted by Gasteiger charge is 2.30. The lowest BCUT2D eigenvalue weighted by Crippen LogP contribution is -2.19. The number of aromatic nitrogens is 2. The molecule has 1 atom stereocenters. The van der Waals surface area contributed by atoms with Crippen LogP contribution in [-0.2, 0) is 4.79 Å². The quantitative estimate of drug-likeness (QED) is 0.795. The fourth-order valence-corrected chi connectivity index (χ4v) is 2.24. The average Bonchev–Trinajstić information content (AvgIpc) is 2.88. The van der Waals surface area contributed by atoms with Gasteiger partial charge in [0, 0.05) is 21.9 Å². The zero-order valence-corrected chi connectivity index (χ0v) is 10.3. The minimum atomic E-state index is -0.365. The number of carbonyl (C=O) groups excluding carboxylic acids is 1. The summed E-state index contributed by atoms with van der Waals surface area (Å²) in [6.07, 6.45) is 3.36. The Morgan fingerprint density at radius 3 is 3.06 bits per heavy atom. The average molecular weight is 293 g/mol. The number of amides is 1. The molecule has 0 aliphatic carbocycles. The second kappa shape index (κ2) is 3.89. The molecule has 1 aromatic heterocycles. The minimum absolute atomic E-state index is 0.0562. The minimum Gasteiger partial charge on any atom is -0.367 e. The van der Waals surface area contributed by atoms with E-state index in [2.05, 4.69) is 36.8 Å². The molecule has 17 heavy (non-hydrogen) atoms. The van der Waals surface area contributed by atoms with Gasteiger partial charge in [0.2, 0.25) is 0 Å². The Morgan fingerprint density at radius 1 is 1.41 bits per heavy atom. The zero-order valence-electron chi connectivity index (χ0n) is 8.70. The van der Waals surface area contributed by atoms with E-state index in [0.29, 0.717) is 0 Å². The van der Waals surface area contributed by atoms with Crippen molar-refractivity contribution in [1.29, 1.82) is 0 Å². The largest absolute Gasteiger partial charge is 0.367 e.